The molecule has 4 rings (SSSR count). The van der Waals surface area contributed by atoms with E-state index in [4.69, 9.17) is 0 Å². The zero-order valence-electron chi connectivity index (χ0n) is 15.5. The lowest BCUT2D eigenvalue weighted by molar-refractivity contribution is 0.0616. The van der Waals surface area contributed by atoms with Crippen LogP contribution in [0.5, 0.6) is 0 Å². The molecule has 1 N–H and O–H groups in total. The molecule has 3 heterocycles. The summed E-state index contributed by atoms with van der Waals surface area (Å²) in [5.41, 5.74) is 1.29. The highest BCUT2D eigenvalue weighted by atomic mass is 79.9. The zero-order chi connectivity index (χ0) is 19.5. The van der Waals surface area contributed by atoms with Crippen molar-refractivity contribution in [3.63, 3.8) is 0 Å². The molecule has 0 spiro atoms. The fraction of sp³-hybridized carbons (Fsp3) is 0.300. The van der Waals surface area contributed by atoms with Crippen molar-refractivity contribution in [2.75, 3.05) is 11.9 Å². The van der Waals surface area contributed by atoms with E-state index in [0.29, 0.717) is 11.3 Å². The van der Waals surface area contributed by atoms with Crippen LogP contribution in [-0.2, 0) is 0 Å². The summed E-state index contributed by atoms with van der Waals surface area (Å²) in [6.07, 6.45) is 6.91. The zero-order valence-corrected chi connectivity index (χ0v) is 17.1. The third-order valence-corrected chi connectivity index (χ3v) is 5.55. The molecule has 7 nitrogen and oxygen atoms in total. The van der Waals surface area contributed by atoms with Crippen molar-refractivity contribution < 1.29 is 4.79 Å². The molecule has 144 valence electrons. The number of hydrogen-bond acceptors (Lipinski definition) is 5. The van der Waals surface area contributed by atoms with E-state index >= 15 is 0 Å². The predicted molar refractivity (Wildman–Crippen MR) is 110 cm³/mol. The maximum Gasteiger partial charge on any atom is 0.256 e. The quantitative estimate of drug-likeness (QED) is 0.671. The number of nitrogens with one attached hydrogen (secondary N) is 1. The molecule has 2 aromatic heterocycles. The molecule has 1 unspecified atom stereocenters. The molecule has 0 radical (unpaired) electrons. The second-order valence-electron chi connectivity index (χ2n) is 6.83. The normalized spacial score (nSPS) is 19.4. The van der Waals surface area contributed by atoms with E-state index in [0.717, 1.165) is 29.7 Å². The first kappa shape index (κ1) is 18.6. The summed E-state index contributed by atoms with van der Waals surface area (Å²) >= 11 is 3.40. The van der Waals surface area contributed by atoms with Gasteiger partial charge in [-0.3, -0.25) is 4.79 Å². The number of pyridine rings is 1. The molecule has 1 amide bonds. The van der Waals surface area contributed by atoms with Crippen LogP contribution in [-0.4, -0.2) is 49.4 Å². The fourth-order valence-electron chi connectivity index (χ4n) is 3.60. The summed E-state index contributed by atoms with van der Waals surface area (Å²) < 4.78 is 0.940. The van der Waals surface area contributed by atoms with E-state index in [1.165, 1.54) is 4.80 Å². The molecule has 0 bridgehead atoms. The second kappa shape index (κ2) is 8.10. The maximum atomic E-state index is 13.4. The average molecular weight is 441 g/mol. The smallest absolute Gasteiger partial charge is 0.256 e. The first-order valence-electron chi connectivity index (χ1n) is 9.28. The first-order valence-corrected chi connectivity index (χ1v) is 10.1. The monoisotopic (exact) mass is 440 g/mol. The van der Waals surface area contributed by atoms with Gasteiger partial charge in [-0.25, -0.2) is 4.98 Å². The summed E-state index contributed by atoms with van der Waals surface area (Å²) in [7, 11) is 0. The summed E-state index contributed by atoms with van der Waals surface area (Å²) in [4.78, 5) is 21.2. The lowest BCUT2D eigenvalue weighted by Crippen LogP contribution is -2.52. The van der Waals surface area contributed by atoms with Crippen LogP contribution >= 0.6 is 15.9 Å². The number of amides is 1. The number of piperidine rings is 1. The van der Waals surface area contributed by atoms with Gasteiger partial charge >= 0.3 is 0 Å². The predicted octanol–water partition coefficient (Wildman–Crippen LogP) is 3.53. The summed E-state index contributed by atoms with van der Waals surface area (Å²) in [6.45, 7) is 2.81. The van der Waals surface area contributed by atoms with Crippen molar-refractivity contribution in [2.45, 2.75) is 31.8 Å². The van der Waals surface area contributed by atoms with Gasteiger partial charge in [0.25, 0.3) is 5.91 Å². The third kappa shape index (κ3) is 3.77. The van der Waals surface area contributed by atoms with E-state index in [1.54, 1.807) is 18.6 Å². The number of benzene rings is 1. The second-order valence-corrected chi connectivity index (χ2v) is 7.75. The van der Waals surface area contributed by atoms with Gasteiger partial charge < -0.3 is 10.2 Å². The summed E-state index contributed by atoms with van der Waals surface area (Å²) in [5, 5.41) is 11.8. The SMILES string of the molecule is C[C@H]1C(Nc2ccc(Br)cn2)CCCN1C(=O)c1ccccc1-n1nccn1. The molecule has 1 fully saturated rings. The number of anilines is 1. The van der Waals surface area contributed by atoms with E-state index in [1.807, 2.05) is 41.3 Å². The van der Waals surface area contributed by atoms with E-state index in [2.05, 4.69) is 43.4 Å². The van der Waals surface area contributed by atoms with Gasteiger partial charge in [0.1, 0.15) is 5.82 Å². The lowest BCUT2D eigenvalue weighted by atomic mass is 9.96. The molecule has 0 aliphatic carbocycles. The molecule has 1 aromatic carbocycles. The van der Waals surface area contributed by atoms with Crippen LogP contribution < -0.4 is 5.32 Å². The fourth-order valence-corrected chi connectivity index (χ4v) is 3.83. The van der Waals surface area contributed by atoms with Crippen molar-refractivity contribution >= 4 is 27.7 Å². The standard InChI is InChI=1S/C20H21BrN6O/c1-14-17(25-19-9-8-15(21)13-22-19)6-4-12-26(14)20(28)16-5-2-3-7-18(16)27-23-10-11-24-27/h2-3,5,7-11,13-14,17H,4,6,12H2,1H3,(H,22,25)/t14-,17?/m0/s1. The van der Waals surface area contributed by atoms with E-state index < -0.39 is 0 Å². The van der Waals surface area contributed by atoms with Gasteiger partial charge in [0.15, 0.2) is 0 Å². The Bertz CT molecular complexity index is 944. The molecule has 3 aromatic rings. The molecule has 2 atom stereocenters. The topological polar surface area (TPSA) is 75.9 Å². The number of likely N-dealkylation sites (tertiary alicyclic amines) is 1. The Hall–Kier alpha value is -2.74. The molecule has 0 saturated carbocycles. The number of aromatic nitrogens is 4. The van der Waals surface area contributed by atoms with Crippen LogP contribution in [0.3, 0.4) is 0 Å². The van der Waals surface area contributed by atoms with Gasteiger partial charge in [-0.2, -0.15) is 15.0 Å². The Kier molecular flexibility index (Phi) is 5.38. The number of para-hydroxylation sites is 1. The molecule has 1 aliphatic heterocycles. The highest BCUT2D eigenvalue weighted by molar-refractivity contribution is 9.10. The van der Waals surface area contributed by atoms with Crippen LogP contribution in [0.1, 0.15) is 30.1 Å². The van der Waals surface area contributed by atoms with Gasteiger partial charge in [-0.05, 0) is 60.0 Å². The Morgan fingerprint density at radius 3 is 2.71 bits per heavy atom. The van der Waals surface area contributed by atoms with Crippen molar-refractivity contribution in [1.29, 1.82) is 0 Å². The van der Waals surface area contributed by atoms with Crippen molar-refractivity contribution in [1.82, 2.24) is 24.9 Å². The molecule has 8 heteroatoms. The Morgan fingerprint density at radius 2 is 1.96 bits per heavy atom. The molecule has 1 aliphatic rings. The Balaban J connectivity index is 1.56. The van der Waals surface area contributed by atoms with Gasteiger partial charge in [0, 0.05) is 29.3 Å². The van der Waals surface area contributed by atoms with Crippen LogP contribution in [0.2, 0.25) is 0 Å². The number of hydrogen-bond donors (Lipinski definition) is 1. The number of carbonyl (C=O) groups is 1. The van der Waals surface area contributed by atoms with Gasteiger partial charge in [-0.15, -0.1) is 0 Å². The minimum Gasteiger partial charge on any atom is -0.365 e. The number of carbonyl (C=O) groups excluding carboxylic acids is 1. The van der Waals surface area contributed by atoms with Crippen molar-refractivity contribution in [3.8, 4) is 5.69 Å². The average Bonchev–Trinajstić information content (AvgIpc) is 3.25. The van der Waals surface area contributed by atoms with E-state index in [-0.39, 0.29) is 18.0 Å². The highest BCUT2D eigenvalue weighted by Gasteiger charge is 2.32. The van der Waals surface area contributed by atoms with Gasteiger partial charge in [-0.1, -0.05) is 12.1 Å². The van der Waals surface area contributed by atoms with Crippen LogP contribution in [0.4, 0.5) is 5.82 Å². The largest absolute Gasteiger partial charge is 0.365 e. The number of nitrogens with zero attached hydrogens (tertiary/aromatic N) is 5. The molecule has 28 heavy (non-hydrogen) atoms. The van der Waals surface area contributed by atoms with Crippen LogP contribution in [0, 0.1) is 0 Å². The molecular weight excluding hydrogens is 420 g/mol. The minimum atomic E-state index is -0.00401. The Labute approximate surface area is 171 Å². The van der Waals surface area contributed by atoms with Crippen LogP contribution in [0.15, 0.2) is 59.5 Å². The van der Waals surface area contributed by atoms with E-state index in [9.17, 15) is 4.79 Å². The van der Waals surface area contributed by atoms with Crippen molar-refractivity contribution in [3.05, 3.63) is 65.0 Å². The maximum absolute atomic E-state index is 13.4. The van der Waals surface area contributed by atoms with Gasteiger partial charge in [0.2, 0.25) is 0 Å². The lowest BCUT2D eigenvalue weighted by Gasteiger charge is -2.40. The summed E-state index contributed by atoms with van der Waals surface area (Å²) in [6, 6.07) is 11.5. The molecular formula is C20H21BrN6O. The minimum absolute atomic E-state index is 0.00401. The highest BCUT2D eigenvalue weighted by Crippen LogP contribution is 2.25. The molecule has 1 saturated heterocycles. The van der Waals surface area contributed by atoms with Gasteiger partial charge in [0.05, 0.1) is 23.6 Å². The summed E-state index contributed by atoms with van der Waals surface area (Å²) in [5.74, 6) is 0.811. The first-order chi connectivity index (χ1) is 13.6. The van der Waals surface area contributed by atoms with Crippen molar-refractivity contribution in [2.24, 2.45) is 0 Å². The van der Waals surface area contributed by atoms with Crippen LogP contribution in [0.25, 0.3) is 5.69 Å². The number of halogens is 1. The Morgan fingerprint density at radius 1 is 1.18 bits per heavy atom. The number of rotatable bonds is 4. The third-order valence-electron chi connectivity index (χ3n) is 5.08.